The molecule has 1 aliphatic carbocycles. The minimum absolute atomic E-state index is 0.0806. The number of hydrogen-bond acceptors (Lipinski definition) is 5. The standard InChI is InChI=1S/C16H14F2N6O3/c17-9-1-3-10(4-2-9)24-20-7-11(23-24)12(25)19-8-16(15(18)5-6-15)13(26)21-14(27)22-16/h1-4,7H,5-6,8H2,(H,19,25)(H2,21,22,26,27)/t16-/m1/s1. The minimum Gasteiger partial charge on any atom is -0.348 e. The van der Waals surface area contributed by atoms with Crippen LogP contribution in [0.5, 0.6) is 0 Å². The second kappa shape index (κ2) is 5.83. The summed E-state index contributed by atoms with van der Waals surface area (Å²) in [7, 11) is 0. The summed E-state index contributed by atoms with van der Waals surface area (Å²) in [5.74, 6) is -1.94. The molecular formula is C16H14F2N6O3. The molecule has 11 heteroatoms. The van der Waals surface area contributed by atoms with Gasteiger partial charge >= 0.3 is 6.03 Å². The van der Waals surface area contributed by atoms with Crippen molar-refractivity contribution >= 4 is 17.8 Å². The highest BCUT2D eigenvalue weighted by Crippen LogP contribution is 2.49. The molecule has 140 valence electrons. The van der Waals surface area contributed by atoms with E-state index in [1.54, 1.807) is 0 Å². The van der Waals surface area contributed by atoms with Crippen LogP contribution in [0.1, 0.15) is 23.3 Å². The van der Waals surface area contributed by atoms with E-state index in [-0.39, 0.29) is 18.5 Å². The second-order valence-corrected chi connectivity index (χ2v) is 6.46. The lowest BCUT2D eigenvalue weighted by Crippen LogP contribution is -2.62. The van der Waals surface area contributed by atoms with E-state index in [0.29, 0.717) is 5.69 Å². The Bertz CT molecular complexity index is 940. The number of nitrogens with zero attached hydrogens (tertiary/aromatic N) is 3. The van der Waals surface area contributed by atoms with E-state index in [1.807, 2.05) is 5.32 Å². The van der Waals surface area contributed by atoms with E-state index < -0.39 is 41.4 Å². The highest BCUT2D eigenvalue weighted by molar-refractivity contribution is 6.08. The van der Waals surface area contributed by atoms with Gasteiger partial charge in [-0.15, -0.1) is 5.10 Å². The highest BCUT2D eigenvalue weighted by atomic mass is 19.1. The molecular weight excluding hydrogens is 362 g/mol. The van der Waals surface area contributed by atoms with Gasteiger partial charge in [-0.2, -0.15) is 9.90 Å². The monoisotopic (exact) mass is 376 g/mol. The summed E-state index contributed by atoms with van der Waals surface area (Å²) in [6.07, 6.45) is 1.40. The van der Waals surface area contributed by atoms with Crippen LogP contribution >= 0.6 is 0 Å². The molecule has 0 radical (unpaired) electrons. The van der Waals surface area contributed by atoms with Crippen molar-refractivity contribution < 1.29 is 23.2 Å². The van der Waals surface area contributed by atoms with E-state index in [0.717, 1.165) is 4.80 Å². The molecule has 9 nitrogen and oxygen atoms in total. The molecule has 1 aliphatic heterocycles. The number of halogens is 2. The summed E-state index contributed by atoms with van der Waals surface area (Å²) in [6, 6.07) is 4.51. The number of rotatable bonds is 5. The maximum Gasteiger partial charge on any atom is 0.322 e. The van der Waals surface area contributed by atoms with E-state index in [1.165, 1.54) is 30.5 Å². The molecule has 1 saturated heterocycles. The zero-order valence-corrected chi connectivity index (χ0v) is 13.8. The van der Waals surface area contributed by atoms with Crippen molar-refractivity contribution in [2.45, 2.75) is 24.0 Å². The Morgan fingerprint density at radius 2 is 1.96 bits per heavy atom. The van der Waals surface area contributed by atoms with E-state index in [9.17, 15) is 23.2 Å². The van der Waals surface area contributed by atoms with Crippen molar-refractivity contribution in [3.63, 3.8) is 0 Å². The summed E-state index contributed by atoms with van der Waals surface area (Å²) in [6.45, 7) is -0.427. The zero-order chi connectivity index (χ0) is 19.2. The number of benzene rings is 1. The summed E-state index contributed by atoms with van der Waals surface area (Å²) in [4.78, 5) is 37.0. The maximum atomic E-state index is 14.7. The number of hydrogen-bond donors (Lipinski definition) is 3. The van der Waals surface area contributed by atoms with Crippen LogP contribution in [0.3, 0.4) is 0 Å². The van der Waals surface area contributed by atoms with Crippen LogP contribution in [-0.2, 0) is 4.79 Å². The Balaban J connectivity index is 1.49. The van der Waals surface area contributed by atoms with Crippen LogP contribution in [0.25, 0.3) is 5.69 Å². The van der Waals surface area contributed by atoms with Gasteiger partial charge in [0.15, 0.2) is 11.2 Å². The van der Waals surface area contributed by atoms with Crippen LogP contribution in [0.4, 0.5) is 13.6 Å². The molecule has 2 fully saturated rings. The summed E-state index contributed by atoms with van der Waals surface area (Å²) in [5.41, 5.74) is -3.38. The number of alkyl halides is 1. The summed E-state index contributed by atoms with van der Waals surface area (Å²) in [5, 5.41) is 14.6. The molecule has 0 spiro atoms. The number of nitrogens with one attached hydrogen (secondary N) is 3. The van der Waals surface area contributed by atoms with Crippen molar-refractivity contribution in [2.75, 3.05) is 6.54 Å². The van der Waals surface area contributed by atoms with Gasteiger partial charge in [0, 0.05) is 0 Å². The molecule has 1 aromatic carbocycles. The average Bonchev–Trinajstić information content (AvgIpc) is 3.08. The van der Waals surface area contributed by atoms with Gasteiger partial charge in [0.2, 0.25) is 0 Å². The Labute approximate surface area is 151 Å². The number of urea groups is 1. The van der Waals surface area contributed by atoms with E-state index >= 15 is 0 Å². The molecule has 4 rings (SSSR count). The predicted molar refractivity (Wildman–Crippen MR) is 86.1 cm³/mol. The minimum atomic E-state index is -1.90. The number of aromatic nitrogens is 3. The van der Waals surface area contributed by atoms with E-state index in [4.69, 9.17) is 0 Å². The topological polar surface area (TPSA) is 118 Å². The smallest absolute Gasteiger partial charge is 0.322 e. The van der Waals surface area contributed by atoms with Gasteiger partial charge < -0.3 is 10.6 Å². The largest absolute Gasteiger partial charge is 0.348 e. The zero-order valence-electron chi connectivity index (χ0n) is 13.8. The lowest BCUT2D eigenvalue weighted by molar-refractivity contribution is -0.126. The molecule has 4 amide bonds. The van der Waals surface area contributed by atoms with Gasteiger partial charge in [0.25, 0.3) is 11.8 Å². The molecule has 1 saturated carbocycles. The Kier molecular flexibility index (Phi) is 3.68. The first kappa shape index (κ1) is 17.1. The van der Waals surface area contributed by atoms with Crippen molar-refractivity contribution in [3.05, 3.63) is 42.0 Å². The number of carbonyl (C=O) groups excluding carboxylic acids is 3. The van der Waals surface area contributed by atoms with Gasteiger partial charge in [-0.25, -0.2) is 13.6 Å². The third-order valence-corrected chi connectivity index (χ3v) is 4.69. The fourth-order valence-corrected chi connectivity index (χ4v) is 3.00. The third-order valence-electron chi connectivity index (χ3n) is 4.69. The van der Waals surface area contributed by atoms with E-state index in [2.05, 4.69) is 20.8 Å². The van der Waals surface area contributed by atoms with Crippen LogP contribution in [0.15, 0.2) is 30.5 Å². The molecule has 2 aliphatic rings. The SMILES string of the molecule is O=C1NC(=O)[C@](CNC(=O)c2cnn(-c3ccc(F)cc3)n2)(C2(F)CC2)N1. The van der Waals surface area contributed by atoms with Gasteiger partial charge in [-0.05, 0) is 37.1 Å². The van der Waals surface area contributed by atoms with Crippen LogP contribution in [0, 0.1) is 5.82 Å². The molecule has 0 unspecified atom stereocenters. The predicted octanol–water partition coefficient (Wildman–Crippen LogP) is 0.216. The molecule has 27 heavy (non-hydrogen) atoms. The molecule has 1 atom stereocenters. The second-order valence-electron chi connectivity index (χ2n) is 6.46. The average molecular weight is 376 g/mol. The van der Waals surface area contributed by atoms with Crippen LogP contribution < -0.4 is 16.0 Å². The highest BCUT2D eigenvalue weighted by Gasteiger charge is 2.68. The van der Waals surface area contributed by atoms with Crippen LogP contribution in [0.2, 0.25) is 0 Å². The molecule has 2 heterocycles. The lowest BCUT2D eigenvalue weighted by Gasteiger charge is -2.29. The lowest BCUT2D eigenvalue weighted by atomic mass is 9.91. The van der Waals surface area contributed by atoms with Crippen molar-refractivity contribution in [1.82, 2.24) is 30.9 Å². The van der Waals surface area contributed by atoms with Crippen LogP contribution in [-0.4, -0.2) is 50.6 Å². The number of imide groups is 1. The van der Waals surface area contributed by atoms with Gasteiger partial charge in [-0.3, -0.25) is 14.9 Å². The van der Waals surface area contributed by atoms with Gasteiger partial charge in [0.05, 0.1) is 18.4 Å². The van der Waals surface area contributed by atoms with Crippen molar-refractivity contribution in [2.24, 2.45) is 0 Å². The van der Waals surface area contributed by atoms with Crippen molar-refractivity contribution in [1.29, 1.82) is 0 Å². The molecule has 1 aromatic heterocycles. The normalized spacial score (nSPS) is 22.9. The molecule has 0 bridgehead atoms. The maximum absolute atomic E-state index is 14.7. The van der Waals surface area contributed by atoms with Gasteiger partial charge in [0.1, 0.15) is 11.5 Å². The Morgan fingerprint density at radius 3 is 2.56 bits per heavy atom. The fraction of sp³-hybridized carbons (Fsp3) is 0.312. The van der Waals surface area contributed by atoms with Crippen molar-refractivity contribution in [3.8, 4) is 5.69 Å². The fourth-order valence-electron chi connectivity index (χ4n) is 3.00. The first-order chi connectivity index (χ1) is 12.8. The first-order valence-corrected chi connectivity index (χ1v) is 8.12. The number of amides is 4. The molecule has 2 aromatic rings. The number of carbonyl (C=O) groups is 3. The third kappa shape index (κ3) is 2.80. The van der Waals surface area contributed by atoms with Gasteiger partial charge in [-0.1, -0.05) is 0 Å². The molecule has 3 N–H and O–H groups in total. The quantitative estimate of drug-likeness (QED) is 0.645. The Morgan fingerprint density at radius 1 is 1.26 bits per heavy atom. The first-order valence-electron chi connectivity index (χ1n) is 8.12. The summed E-state index contributed by atoms with van der Waals surface area (Å²) >= 11 is 0. The summed E-state index contributed by atoms with van der Waals surface area (Å²) < 4.78 is 27.7. The Hall–Kier alpha value is -3.37.